The highest BCUT2D eigenvalue weighted by molar-refractivity contribution is 5.30. The van der Waals surface area contributed by atoms with E-state index in [4.69, 9.17) is 4.74 Å². The molecule has 2 unspecified atom stereocenters. The summed E-state index contributed by atoms with van der Waals surface area (Å²) in [6.07, 6.45) is 6.78. The van der Waals surface area contributed by atoms with Crippen molar-refractivity contribution in [3.8, 4) is 5.75 Å². The first kappa shape index (κ1) is 16.4. The number of rotatable bonds is 5. The minimum absolute atomic E-state index is 0.390. The van der Waals surface area contributed by atoms with Crippen LogP contribution in [0.3, 0.4) is 0 Å². The van der Waals surface area contributed by atoms with Crippen LogP contribution in [-0.4, -0.2) is 13.2 Å². The molecule has 118 valence electrons. The standard InChI is InChI=1S/C19H31NO/c1-14(2)16-7-5-9-18(12-11-16)20-15(3)17-8-6-10-19(13-17)21-4/h6,8,10,13-16,18,20H,5,7,9,11-12H2,1-4H3/t15-,16?,18?/m1/s1. The molecule has 1 aromatic carbocycles. The normalized spacial score (nSPS) is 24.6. The van der Waals surface area contributed by atoms with Gasteiger partial charge in [0.15, 0.2) is 0 Å². The lowest BCUT2D eigenvalue weighted by molar-refractivity contribution is 0.335. The van der Waals surface area contributed by atoms with E-state index in [1.165, 1.54) is 37.7 Å². The number of nitrogens with one attached hydrogen (secondary N) is 1. The first-order chi connectivity index (χ1) is 10.1. The molecule has 0 aromatic heterocycles. The van der Waals surface area contributed by atoms with E-state index >= 15 is 0 Å². The van der Waals surface area contributed by atoms with Gasteiger partial charge in [-0.25, -0.2) is 0 Å². The molecular weight excluding hydrogens is 258 g/mol. The van der Waals surface area contributed by atoms with Gasteiger partial charge in [0, 0.05) is 12.1 Å². The molecule has 2 rings (SSSR count). The molecule has 3 atom stereocenters. The summed E-state index contributed by atoms with van der Waals surface area (Å²) in [6.45, 7) is 7.01. The van der Waals surface area contributed by atoms with E-state index in [0.717, 1.165) is 17.6 Å². The third kappa shape index (κ3) is 4.74. The summed E-state index contributed by atoms with van der Waals surface area (Å²) in [6, 6.07) is 9.47. The maximum Gasteiger partial charge on any atom is 0.119 e. The molecule has 1 aromatic rings. The molecule has 21 heavy (non-hydrogen) atoms. The van der Waals surface area contributed by atoms with Gasteiger partial charge in [0.2, 0.25) is 0 Å². The van der Waals surface area contributed by atoms with Crippen LogP contribution in [0.25, 0.3) is 0 Å². The lowest BCUT2D eigenvalue weighted by Crippen LogP contribution is -2.31. The van der Waals surface area contributed by atoms with E-state index in [1.54, 1.807) is 7.11 Å². The molecule has 0 bridgehead atoms. The van der Waals surface area contributed by atoms with E-state index in [2.05, 4.69) is 44.3 Å². The average molecular weight is 289 g/mol. The van der Waals surface area contributed by atoms with Crippen LogP contribution >= 0.6 is 0 Å². The van der Waals surface area contributed by atoms with Crippen LogP contribution < -0.4 is 10.1 Å². The highest BCUT2D eigenvalue weighted by atomic mass is 16.5. The molecule has 0 aliphatic heterocycles. The molecule has 0 spiro atoms. The van der Waals surface area contributed by atoms with Crippen LogP contribution in [0.4, 0.5) is 0 Å². The predicted octanol–water partition coefficient (Wildman–Crippen LogP) is 4.95. The molecular formula is C19H31NO. The third-order valence-electron chi connectivity index (χ3n) is 5.04. The van der Waals surface area contributed by atoms with Crippen molar-refractivity contribution in [2.45, 2.75) is 65.0 Å². The topological polar surface area (TPSA) is 21.3 Å². The Morgan fingerprint density at radius 3 is 2.62 bits per heavy atom. The Labute approximate surface area is 130 Å². The second-order valence-electron chi connectivity index (χ2n) is 6.87. The van der Waals surface area contributed by atoms with Crippen molar-refractivity contribution in [3.63, 3.8) is 0 Å². The summed E-state index contributed by atoms with van der Waals surface area (Å²) in [5.74, 6) is 2.70. The molecule has 1 N–H and O–H groups in total. The Kier molecular flexibility index (Phi) is 6.10. The maximum absolute atomic E-state index is 5.33. The Hall–Kier alpha value is -1.02. The van der Waals surface area contributed by atoms with Crippen molar-refractivity contribution in [1.82, 2.24) is 5.32 Å². The minimum Gasteiger partial charge on any atom is -0.497 e. The van der Waals surface area contributed by atoms with E-state index in [-0.39, 0.29) is 0 Å². The minimum atomic E-state index is 0.390. The fourth-order valence-electron chi connectivity index (χ4n) is 3.52. The summed E-state index contributed by atoms with van der Waals surface area (Å²) in [5, 5.41) is 3.83. The summed E-state index contributed by atoms with van der Waals surface area (Å²) < 4.78 is 5.33. The molecule has 0 heterocycles. The first-order valence-electron chi connectivity index (χ1n) is 8.50. The van der Waals surface area contributed by atoms with Crippen molar-refractivity contribution in [3.05, 3.63) is 29.8 Å². The van der Waals surface area contributed by atoms with Gasteiger partial charge in [-0.05, 0) is 55.7 Å². The largest absolute Gasteiger partial charge is 0.497 e. The van der Waals surface area contributed by atoms with Crippen molar-refractivity contribution < 1.29 is 4.74 Å². The van der Waals surface area contributed by atoms with Crippen LogP contribution in [0.1, 0.15) is 64.5 Å². The summed E-state index contributed by atoms with van der Waals surface area (Å²) in [5.41, 5.74) is 1.32. The van der Waals surface area contributed by atoms with Crippen molar-refractivity contribution >= 4 is 0 Å². The Balaban J connectivity index is 1.91. The highest BCUT2D eigenvalue weighted by Crippen LogP contribution is 2.30. The fourth-order valence-corrected chi connectivity index (χ4v) is 3.52. The Bertz CT molecular complexity index is 429. The summed E-state index contributed by atoms with van der Waals surface area (Å²) in [7, 11) is 1.73. The van der Waals surface area contributed by atoms with Gasteiger partial charge in [0.05, 0.1) is 7.11 Å². The van der Waals surface area contributed by atoms with Crippen LogP contribution in [0, 0.1) is 11.8 Å². The monoisotopic (exact) mass is 289 g/mol. The molecule has 0 radical (unpaired) electrons. The van der Waals surface area contributed by atoms with Crippen molar-refractivity contribution in [2.24, 2.45) is 11.8 Å². The van der Waals surface area contributed by atoms with Gasteiger partial charge in [-0.15, -0.1) is 0 Å². The second-order valence-corrected chi connectivity index (χ2v) is 6.87. The average Bonchev–Trinajstić information content (AvgIpc) is 2.73. The van der Waals surface area contributed by atoms with Gasteiger partial charge in [-0.3, -0.25) is 0 Å². The number of methoxy groups -OCH3 is 1. The SMILES string of the molecule is COc1cccc([C@@H](C)NC2CCCC(C(C)C)CC2)c1. The summed E-state index contributed by atoms with van der Waals surface area (Å²) in [4.78, 5) is 0. The molecule has 2 heteroatoms. The summed E-state index contributed by atoms with van der Waals surface area (Å²) >= 11 is 0. The van der Waals surface area contributed by atoms with E-state index in [1.807, 2.05) is 6.07 Å². The lowest BCUT2D eigenvalue weighted by atomic mass is 9.89. The molecule has 0 amide bonds. The third-order valence-corrected chi connectivity index (χ3v) is 5.04. The molecule has 1 aliphatic carbocycles. The van der Waals surface area contributed by atoms with Gasteiger partial charge in [-0.2, -0.15) is 0 Å². The molecule has 1 fully saturated rings. The zero-order chi connectivity index (χ0) is 15.2. The van der Waals surface area contributed by atoms with Crippen LogP contribution in [0.5, 0.6) is 5.75 Å². The van der Waals surface area contributed by atoms with E-state index in [0.29, 0.717) is 12.1 Å². The van der Waals surface area contributed by atoms with Gasteiger partial charge >= 0.3 is 0 Å². The predicted molar refractivity (Wildman–Crippen MR) is 89.7 cm³/mol. The Morgan fingerprint density at radius 1 is 1.10 bits per heavy atom. The molecule has 1 aliphatic rings. The smallest absolute Gasteiger partial charge is 0.119 e. The number of benzene rings is 1. The lowest BCUT2D eigenvalue weighted by Gasteiger charge is -2.23. The number of hydrogen-bond donors (Lipinski definition) is 1. The van der Waals surface area contributed by atoms with Crippen LogP contribution in [0.15, 0.2) is 24.3 Å². The Morgan fingerprint density at radius 2 is 1.90 bits per heavy atom. The first-order valence-corrected chi connectivity index (χ1v) is 8.50. The van der Waals surface area contributed by atoms with Crippen LogP contribution in [-0.2, 0) is 0 Å². The number of ether oxygens (including phenoxy) is 1. The van der Waals surface area contributed by atoms with Crippen molar-refractivity contribution in [1.29, 1.82) is 0 Å². The van der Waals surface area contributed by atoms with Gasteiger partial charge in [0.25, 0.3) is 0 Å². The quantitative estimate of drug-likeness (QED) is 0.774. The maximum atomic E-state index is 5.33. The number of hydrogen-bond acceptors (Lipinski definition) is 2. The van der Waals surface area contributed by atoms with E-state index < -0.39 is 0 Å². The molecule has 0 saturated heterocycles. The van der Waals surface area contributed by atoms with Crippen molar-refractivity contribution in [2.75, 3.05) is 7.11 Å². The van der Waals surface area contributed by atoms with E-state index in [9.17, 15) is 0 Å². The van der Waals surface area contributed by atoms with Gasteiger partial charge in [-0.1, -0.05) is 38.8 Å². The van der Waals surface area contributed by atoms with Gasteiger partial charge < -0.3 is 10.1 Å². The molecule has 1 saturated carbocycles. The molecule has 2 nitrogen and oxygen atoms in total. The highest BCUT2D eigenvalue weighted by Gasteiger charge is 2.22. The fraction of sp³-hybridized carbons (Fsp3) is 0.684. The van der Waals surface area contributed by atoms with Crippen LogP contribution in [0.2, 0.25) is 0 Å². The second kappa shape index (κ2) is 7.84. The zero-order valence-corrected chi connectivity index (χ0v) is 14.1. The zero-order valence-electron chi connectivity index (χ0n) is 14.1. The van der Waals surface area contributed by atoms with Gasteiger partial charge in [0.1, 0.15) is 5.75 Å².